The van der Waals surface area contributed by atoms with Crippen molar-refractivity contribution in [2.24, 2.45) is 5.40 Å². The molecule has 0 amide bonds. The summed E-state index contributed by atoms with van der Waals surface area (Å²) in [6.45, 7) is 3.52. The van der Waals surface area contributed by atoms with Crippen LogP contribution in [0.2, 0.25) is 6.04 Å². The predicted octanol–water partition coefficient (Wildman–Crippen LogP) is 0.189. The second-order valence-corrected chi connectivity index (χ2v) is 2.40. The van der Waals surface area contributed by atoms with Gasteiger partial charge >= 0.3 is 0 Å². The van der Waals surface area contributed by atoms with Gasteiger partial charge in [-0.05, 0) is 6.04 Å². The van der Waals surface area contributed by atoms with E-state index in [0.717, 1.165) is 6.04 Å². The Morgan fingerprint density at radius 1 is 1.71 bits per heavy atom. The van der Waals surface area contributed by atoms with Crippen LogP contribution in [-0.2, 0) is 0 Å². The number of nitrogens with two attached hydrogens (primary N) is 1. The van der Waals surface area contributed by atoms with Crippen molar-refractivity contribution in [3.63, 3.8) is 0 Å². The van der Waals surface area contributed by atoms with Crippen molar-refractivity contribution in [1.82, 2.24) is 0 Å². The van der Waals surface area contributed by atoms with E-state index in [9.17, 15) is 0 Å². The Hall–Kier alpha value is -0.343. The highest BCUT2D eigenvalue weighted by Crippen LogP contribution is 1.77. The minimum Gasteiger partial charge on any atom is -0.355 e. The first-order valence-corrected chi connectivity index (χ1v) is 4.21. The molecule has 0 radical (unpaired) electrons. The summed E-state index contributed by atoms with van der Waals surface area (Å²) < 4.78 is 0. The van der Waals surface area contributed by atoms with E-state index in [2.05, 4.69) is 12.7 Å². The topological polar surface area (TPSA) is 26.0 Å². The first kappa shape index (κ1) is 6.66. The fraction of sp³-hybridized carbons (Fsp3) is 0.200. The van der Waals surface area contributed by atoms with Crippen LogP contribution in [0.5, 0.6) is 0 Å². The molecule has 0 unspecified atom stereocenters. The summed E-state index contributed by atoms with van der Waals surface area (Å²) in [5, 5.41) is 5.32. The van der Waals surface area contributed by atoms with Crippen molar-refractivity contribution >= 4 is 9.68 Å². The Kier molecular flexibility index (Phi) is 5.38. The zero-order chi connectivity index (χ0) is 5.54. The minimum atomic E-state index is -0.241. The number of allylic oxidation sites excluding steroid dienone is 3. The molecular weight excluding hydrogens is 102 g/mol. The van der Waals surface area contributed by atoms with Crippen LogP contribution in [0, 0.1) is 0 Å². The van der Waals surface area contributed by atoms with E-state index < -0.39 is 0 Å². The predicted molar refractivity (Wildman–Crippen MR) is 36.9 cm³/mol. The van der Waals surface area contributed by atoms with Crippen LogP contribution in [0.15, 0.2) is 24.8 Å². The first-order chi connectivity index (χ1) is 3.41. The molecule has 0 fully saturated rings. The highest BCUT2D eigenvalue weighted by molar-refractivity contribution is 6.31. The van der Waals surface area contributed by atoms with Crippen molar-refractivity contribution in [2.45, 2.75) is 6.04 Å². The second kappa shape index (κ2) is 5.66. The average molecular weight is 113 g/mol. The summed E-state index contributed by atoms with van der Waals surface area (Å²) >= 11 is 0. The van der Waals surface area contributed by atoms with Gasteiger partial charge in [0.2, 0.25) is 0 Å². The third-order valence-corrected chi connectivity index (χ3v) is 1.27. The molecule has 2 heteroatoms. The van der Waals surface area contributed by atoms with E-state index >= 15 is 0 Å². The van der Waals surface area contributed by atoms with E-state index in [1.807, 2.05) is 6.08 Å². The molecule has 1 nitrogen and oxygen atoms in total. The lowest BCUT2D eigenvalue weighted by molar-refractivity contribution is 1.63. The van der Waals surface area contributed by atoms with Gasteiger partial charge in [-0.3, -0.25) is 0 Å². The maximum absolute atomic E-state index is 5.32. The molecule has 0 bridgehead atoms. The van der Waals surface area contributed by atoms with Gasteiger partial charge in [0.05, 0.1) is 9.68 Å². The lowest BCUT2D eigenvalue weighted by Gasteiger charge is -1.76. The van der Waals surface area contributed by atoms with Crippen molar-refractivity contribution in [1.29, 1.82) is 0 Å². The molecule has 0 aliphatic heterocycles. The fourth-order valence-corrected chi connectivity index (χ4v) is 0.674. The third kappa shape index (κ3) is 5.66. The largest absolute Gasteiger partial charge is 0.355 e. The van der Waals surface area contributed by atoms with Crippen LogP contribution < -0.4 is 5.40 Å². The molecule has 0 aromatic rings. The third-order valence-electron chi connectivity index (χ3n) is 0.605. The molecule has 0 aromatic carbocycles. The minimum absolute atomic E-state index is 0.241. The Balaban J connectivity index is 2.92. The van der Waals surface area contributed by atoms with Gasteiger partial charge in [0.1, 0.15) is 0 Å². The van der Waals surface area contributed by atoms with Crippen molar-refractivity contribution in [3.8, 4) is 0 Å². The smallest absolute Gasteiger partial charge is 0.0926 e. The molecule has 0 heterocycles. The summed E-state index contributed by atoms with van der Waals surface area (Å²) in [6, 6.07) is 1.09. The summed E-state index contributed by atoms with van der Waals surface area (Å²) in [4.78, 5) is 0. The molecule has 0 saturated carbocycles. The number of hydrogen-bond acceptors (Lipinski definition) is 1. The van der Waals surface area contributed by atoms with E-state index in [1.54, 1.807) is 6.08 Å². The van der Waals surface area contributed by atoms with Gasteiger partial charge in [-0.25, -0.2) is 0 Å². The van der Waals surface area contributed by atoms with Gasteiger partial charge in [-0.15, -0.1) is 0 Å². The van der Waals surface area contributed by atoms with Gasteiger partial charge in [-0.2, -0.15) is 0 Å². The van der Waals surface area contributed by atoms with Gasteiger partial charge in [0, 0.05) is 0 Å². The molecule has 7 heavy (non-hydrogen) atoms. The first-order valence-electron chi connectivity index (χ1n) is 2.39. The molecule has 0 atom stereocenters. The SMILES string of the molecule is C=CC=CC[SiH2]N. The molecule has 0 aromatic heterocycles. The maximum atomic E-state index is 5.32. The van der Waals surface area contributed by atoms with Gasteiger partial charge in [-0.1, -0.05) is 24.8 Å². The normalized spacial score (nSPS) is 11.6. The Morgan fingerprint density at radius 2 is 2.43 bits per heavy atom. The zero-order valence-corrected chi connectivity index (χ0v) is 5.84. The second-order valence-electron chi connectivity index (χ2n) is 1.24. The van der Waals surface area contributed by atoms with E-state index in [4.69, 9.17) is 5.40 Å². The molecule has 0 saturated heterocycles. The maximum Gasteiger partial charge on any atom is 0.0926 e. The van der Waals surface area contributed by atoms with Crippen LogP contribution in [-0.4, -0.2) is 9.68 Å². The van der Waals surface area contributed by atoms with E-state index in [-0.39, 0.29) is 9.68 Å². The molecule has 0 aliphatic carbocycles. The van der Waals surface area contributed by atoms with Crippen molar-refractivity contribution in [2.75, 3.05) is 0 Å². The van der Waals surface area contributed by atoms with Gasteiger partial charge in [0.25, 0.3) is 0 Å². The van der Waals surface area contributed by atoms with Gasteiger partial charge < -0.3 is 5.40 Å². The van der Waals surface area contributed by atoms with Crippen LogP contribution in [0.1, 0.15) is 0 Å². The Morgan fingerprint density at radius 3 is 2.86 bits per heavy atom. The fourth-order valence-electron chi connectivity index (χ4n) is 0.289. The monoisotopic (exact) mass is 113 g/mol. The number of rotatable bonds is 3. The summed E-state index contributed by atoms with van der Waals surface area (Å²) in [6.07, 6.45) is 5.75. The molecule has 0 spiro atoms. The van der Waals surface area contributed by atoms with Crippen molar-refractivity contribution in [3.05, 3.63) is 24.8 Å². The average Bonchev–Trinajstić information content (AvgIpc) is 1.69. The summed E-state index contributed by atoms with van der Waals surface area (Å²) in [5.74, 6) is 0. The zero-order valence-electron chi connectivity index (χ0n) is 4.43. The Labute approximate surface area is 46.8 Å². The highest BCUT2D eigenvalue weighted by Gasteiger charge is 1.67. The van der Waals surface area contributed by atoms with Crippen LogP contribution >= 0.6 is 0 Å². The van der Waals surface area contributed by atoms with Crippen LogP contribution in [0.4, 0.5) is 0 Å². The van der Waals surface area contributed by atoms with E-state index in [0.29, 0.717) is 0 Å². The molecule has 40 valence electrons. The highest BCUT2D eigenvalue weighted by atomic mass is 28.2. The van der Waals surface area contributed by atoms with E-state index in [1.165, 1.54) is 0 Å². The van der Waals surface area contributed by atoms with Crippen LogP contribution in [0.3, 0.4) is 0 Å². The standard InChI is InChI=1S/C5H11NSi/c1-2-3-4-5-7-6/h2-4H,1,5-7H2. The van der Waals surface area contributed by atoms with Crippen LogP contribution in [0.25, 0.3) is 0 Å². The summed E-state index contributed by atoms with van der Waals surface area (Å²) in [5.41, 5.74) is 0. The molecule has 0 aliphatic rings. The summed E-state index contributed by atoms with van der Waals surface area (Å²) in [7, 11) is -0.241. The lowest BCUT2D eigenvalue weighted by atomic mass is 10.5. The van der Waals surface area contributed by atoms with Gasteiger partial charge in [0.15, 0.2) is 0 Å². The molecule has 2 N–H and O–H groups in total. The molecule has 0 rings (SSSR count). The van der Waals surface area contributed by atoms with Crippen molar-refractivity contribution < 1.29 is 0 Å². The molecular formula is C5H11NSi. The quantitative estimate of drug-likeness (QED) is 0.410. The Bertz CT molecular complexity index is 68.5. The number of hydrogen-bond donors (Lipinski definition) is 1. The lowest BCUT2D eigenvalue weighted by Crippen LogP contribution is -2.00.